The van der Waals surface area contributed by atoms with Crippen molar-refractivity contribution in [1.29, 1.82) is 0 Å². The second-order valence-electron chi connectivity index (χ2n) is 7.05. The molecular weight excluding hydrogens is 403 g/mol. The summed E-state index contributed by atoms with van der Waals surface area (Å²) in [4.78, 5) is 28.1. The molecule has 0 bridgehead atoms. The first kappa shape index (κ1) is 20.3. The molecule has 0 aliphatic carbocycles. The Kier molecular flexibility index (Phi) is 5.92. The van der Waals surface area contributed by atoms with Crippen LogP contribution in [0.15, 0.2) is 60.0 Å². The van der Waals surface area contributed by atoms with Gasteiger partial charge in [0.15, 0.2) is 0 Å². The van der Waals surface area contributed by atoms with Crippen molar-refractivity contribution in [2.24, 2.45) is 0 Å². The number of ether oxygens (including phenoxy) is 1. The zero-order chi connectivity index (χ0) is 21.1. The van der Waals surface area contributed by atoms with E-state index in [1.54, 1.807) is 11.3 Å². The van der Waals surface area contributed by atoms with Crippen LogP contribution in [0.3, 0.4) is 0 Å². The molecule has 1 atom stereocenters. The third kappa shape index (κ3) is 4.13. The maximum absolute atomic E-state index is 13.1. The number of fused-ring (bicyclic) bond motifs is 1. The molecule has 3 aromatic rings. The monoisotopic (exact) mass is 424 g/mol. The first-order valence-electron chi connectivity index (χ1n) is 9.58. The number of carbonyl (C=O) groups is 2. The quantitative estimate of drug-likeness (QED) is 0.666. The zero-order valence-corrected chi connectivity index (χ0v) is 17.2. The molecular formula is C23H21FN2O3S. The summed E-state index contributed by atoms with van der Waals surface area (Å²) in [6, 6.07) is 14.8. The maximum Gasteiger partial charge on any atom is 0.255 e. The van der Waals surface area contributed by atoms with Gasteiger partial charge in [-0.1, -0.05) is 12.1 Å². The van der Waals surface area contributed by atoms with Crippen molar-refractivity contribution in [3.05, 3.63) is 87.4 Å². The molecule has 0 saturated carbocycles. The fourth-order valence-corrected chi connectivity index (χ4v) is 4.61. The Labute approximate surface area is 178 Å². The van der Waals surface area contributed by atoms with Crippen LogP contribution in [-0.4, -0.2) is 37.0 Å². The number of nitrogens with zero attached hydrogens (tertiary/aromatic N) is 1. The van der Waals surface area contributed by atoms with E-state index in [1.165, 1.54) is 36.3 Å². The molecule has 5 nitrogen and oxygen atoms in total. The van der Waals surface area contributed by atoms with Gasteiger partial charge in [0.2, 0.25) is 5.91 Å². The Morgan fingerprint density at radius 2 is 1.87 bits per heavy atom. The summed E-state index contributed by atoms with van der Waals surface area (Å²) in [5.74, 6) is -0.741. The molecule has 1 N–H and O–H groups in total. The lowest BCUT2D eigenvalue weighted by Gasteiger charge is -2.36. The molecule has 1 aromatic heterocycles. The number of benzene rings is 2. The molecule has 0 radical (unpaired) electrons. The molecule has 1 aliphatic heterocycles. The fraction of sp³-hybridized carbons (Fsp3) is 0.217. The second-order valence-corrected chi connectivity index (χ2v) is 8.06. The van der Waals surface area contributed by atoms with E-state index in [0.29, 0.717) is 17.8 Å². The van der Waals surface area contributed by atoms with Crippen molar-refractivity contribution in [3.63, 3.8) is 0 Å². The Bertz CT molecular complexity index is 1050. The van der Waals surface area contributed by atoms with Crippen molar-refractivity contribution >= 4 is 28.8 Å². The van der Waals surface area contributed by atoms with Gasteiger partial charge in [-0.2, -0.15) is 0 Å². The number of halogens is 1. The molecule has 4 rings (SSSR count). The predicted octanol–water partition coefficient (Wildman–Crippen LogP) is 4.26. The first-order chi connectivity index (χ1) is 14.6. The Morgan fingerprint density at radius 3 is 2.57 bits per heavy atom. The van der Waals surface area contributed by atoms with Crippen molar-refractivity contribution in [3.8, 4) is 0 Å². The third-order valence-electron chi connectivity index (χ3n) is 5.14. The molecule has 0 fully saturated rings. The summed E-state index contributed by atoms with van der Waals surface area (Å²) in [6.07, 6.45) is 0.838. The number of nitrogens with one attached hydrogen (secondary N) is 1. The summed E-state index contributed by atoms with van der Waals surface area (Å²) >= 11 is 1.71. The van der Waals surface area contributed by atoms with E-state index in [-0.39, 0.29) is 30.3 Å². The summed E-state index contributed by atoms with van der Waals surface area (Å²) in [5, 5.41) is 4.87. The lowest BCUT2D eigenvalue weighted by atomic mass is 9.93. The number of carbonyl (C=O) groups excluding carboxylic acids is 2. The lowest BCUT2D eigenvalue weighted by molar-refractivity contribution is -0.137. The number of methoxy groups -OCH3 is 1. The Hall–Kier alpha value is -3.03. The van der Waals surface area contributed by atoms with Crippen molar-refractivity contribution < 1.29 is 18.7 Å². The fourth-order valence-electron chi connectivity index (χ4n) is 3.70. The van der Waals surface area contributed by atoms with Gasteiger partial charge in [-0.15, -0.1) is 11.3 Å². The largest absolute Gasteiger partial charge is 0.375 e. The highest BCUT2D eigenvalue weighted by Gasteiger charge is 2.32. The normalized spacial score (nSPS) is 15.5. The average molecular weight is 424 g/mol. The van der Waals surface area contributed by atoms with Gasteiger partial charge in [0.1, 0.15) is 12.4 Å². The molecule has 2 aromatic carbocycles. The smallest absolute Gasteiger partial charge is 0.255 e. The van der Waals surface area contributed by atoms with E-state index in [4.69, 9.17) is 4.74 Å². The number of anilines is 1. The van der Waals surface area contributed by atoms with Crippen LogP contribution in [0.4, 0.5) is 10.1 Å². The van der Waals surface area contributed by atoms with Gasteiger partial charge < -0.3 is 15.0 Å². The van der Waals surface area contributed by atoms with Crippen molar-refractivity contribution in [2.45, 2.75) is 12.5 Å². The van der Waals surface area contributed by atoms with Gasteiger partial charge >= 0.3 is 0 Å². The molecule has 0 spiro atoms. The number of hydrogen-bond donors (Lipinski definition) is 1. The predicted molar refractivity (Wildman–Crippen MR) is 114 cm³/mol. The number of amides is 2. The van der Waals surface area contributed by atoms with E-state index in [0.717, 1.165) is 17.5 Å². The van der Waals surface area contributed by atoms with Gasteiger partial charge in [0.25, 0.3) is 5.91 Å². The maximum atomic E-state index is 13.1. The highest BCUT2D eigenvalue weighted by molar-refractivity contribution is 7.10. The Morgan fingerprint density at radius 1 is 1.13 bits per heavy atom. The zero-order valence-electron chi connectivity index (χ0n) is 16.4. The van der Waals surface area contributed by atoms with E-state index in [9.17, 15) is 14.0 Å². The first-order valence-corrected chi connectivity index (χ1v) is 10.5. The van der Waals surface area contributed by atoms with Crippen LogP contribution in [0.2, 0.25) is 0 Å². The molecule has 2 amide bonds. The topological polar surface area (TPSA) is 58.6 Å². The van der Waals surface area contributed by atoms with Gasteiger partial charge in [0.05, 0.1) is 6.04 Å². The minimum atomic E-state index is -0.385. The van der Waals surface area contributed by atoms with Crippen LogP contribution in [0, 0.1) is 5.82 Å². The summed E-state index contributed by atoms with van der Waals surface area (Å²) in [5.41, 5.74) is 3.12. The van der Waals surface area contributed by atoms with E-state index in [2.05, 4.69) is 16.8 Å². The van der Waals surface area contributed by atoms with Crippen LogP contribution in [0.25, 0.3) is 0 Å². The number of thiophene rings is 1. The SMILES string of the molecule is COCC(=O)N1CCc2sccc2[C@H]1c1ccc(NC(=O)c2ccc(F)cc2)cc1. The van der Waals surface area contributed by atoms with Crippen LogP contribution >= 0.6 is 11.3 Å². The Balaban J connectivity index is 1.56. The minimum absolute atomic E-state index is 0.0434. The van der Waals surface area contributed by atoms with Crippen LogP contribution in [-0.2, 0) is 16.0 Å². The molecule has 0 unspecified atom stereocenters. The molecule has 2 heterocycles. The van der Waals surface area contributed by atoms with Gasteiger partial charge in [-0.05, 0) is 65.4 Å². The van der Waals surface area contributed by atoms with Crippen LogP contribution in [0.1, 0.15) is 32.4 Å². The number of hydrogen-bond acceptors (Lipinski definition) is 4. The lowest BCUT2D eigenvalue weighted by Crippen LogP contribution is -2.41. The van der Waals surface area contributed by atoms with Gasteiger partial charge in [-0.25, -0.2) is 4.39 Å². The van der Waals surface area contributed by atoms with Crippen molar-refractivity contribution in [2.75, 3.05) is 25.6 Å². The summed E-state index contributed by atoms with van der Waals surface area (Å²) in [7, 11) is 1.52. The highest BCUT2D eigenvalue weighted by atomic mass is 32.1. The van der Waals surface area contributed by atoms with Crippen LogP contribution < -0.4 is 5.32 Å². The molecule has 154 valence electrons. The van der Waals surface area contributed by atoms with Crippen LogP contribution in [0.5, 0.6) is 0 Å². The molecule has 7 heteroatoms. The summed E-state index contributed by atoms with van der Waals surface area (Å²) < 4.78 is 18.1. The number of rotatable bonds is 5. The van der Waals surface area contributed by atoms with E-state index in [1.807, 2.05) is 29.2 Å². The summed E-state index contributed by atoms with van der Waals surface area (Å²) in [6.45, 7) is 0.686. The highest BCUT2D eigenvalue weighted by Crippen LogP contribution is 2.38. The van der Waals surface area contributed by atoms with Crippen molar-refractivity contribution in [1.82, 2.24) is 4.90 Å². The minimum Gasteiger partial charge on any atom is -0.375 e. The standard InChI is InChI=1S/C23H21FN2O3S/c1-29-14-21(27)26-12-10-20-19(11-13-30-20)22(26)15-4-8-18(9-5-15)25-23(28)16-2-6-17(24)7-3-16/h2-9,11,13,22H,10,12,14H2,1H3,(H,25,28)/t22-/m1/s1. The van der Waals surface area contributed by atoms with E-state index >= 15 is 0 Å². The third-order valence-corrected chi connectivity index (χ3v) is 6.14. The van der Waals surface area contributed by atoms with E-state index < -0.39 is 0 Å². The average Bonchev–Trinajstić information content (AvgIpc) is 3.23. The second kappa shape index (κ2) is 8.77. The van der Waals surface area contributed by atoms with Gasteiger partial charge in [0, 0.05) is 29.8 Å². The molecule has 30 heavy (non-hydrogen) atoms. The molecule has 1 aliphatic rings. The molecule has 0 saturated heterocycles. The van der Waals surface area contributed by atoms with Gasteiger partial charge in [-0.3, -0.25) is 9.59 Å².